The number of nitrogens with two attached hydrogens (primary N) is 1. The number of nitrogens with one attached hydrogen (secondary N) is 1. The number of aliphatic imine (C=N–C) groups is 1. The maximum atomic E-state index is 15.0. The largest absolute Gasteiger partial charge is 0.378 e. The summed E-state index contributed by atoms with van der Waals surface area (Å²) in [4.78, 5) is 21.1. The summed E-state index contributed by atoms with van der Waals surface area (Å²) in [6.07, 6.45) is 1.79. The number of nitriles is 1. The van der Waals surface area contributed by atoms with Crippen LogP contribution in [0, 0.1) is 31.0 Å². The van der Waals surface area contributed by atoms with Crippen LogP contribution >= 0.6 is 11.8 Å². The number of rotatable bonds is 4. The second kappa shape index (κ2) is 8.67. The van der Waals surface area contributed by atoms with Gasteiger partial charge in [-0.15, -0.1) is 0 Å². The SMILES string of the molecule is Cc1noc(C)c1[C@@H]1C[C@@](C)(c2cc(NC(=O)c3ccc(C#N)cn3)ccc2F)SC(N)=N1. The second-order valence-corrected chi connectivity index (χ2v) is 9.47. The number of anilines is 1. The molecule has 0 saturated carbocycles. The van der Waals surface area contributed by atoms with Crippen LogP contribution in [0.15, 0.2) is 46.0 Å². The summed E-state index contributed by atoms with van der Waals surface area (Å²) >= 11 is 1.28. The van der Waals surface area contributed by atoms with Crippen molar-refractivity contribution in [3.05, 3.63) is 76.2 Å². The summed E-state index contributed by atoms with van der Waals surface area (Å²) in [7, 11) is 0. The number of pyridine rings is 1. The predicted octanol–water partition coefficient (Wildman–Crippen LogP) is 4.36. The summed E-state index contributed by atoms with van der Waals surface area (Å²) in [5.41, 5.74) is 9.03. The molecule has 0 saturated heterocycles. The molecule has 2 aromatic heterocycles. The Morgan fingerprint density at radius 3 is 2.79 bits per heavy atom. The fourth-order valence-electron chi connectivity index (χ4n) is 3.96. The van der Waals surface area contributed by atoms with Gasteiger partial charge in [-0.1, -0.05) is 16.9 Å². The maximum Gasteiger partial charge on any atom is 0.274 e. The number of carbonyl (C=O) groups is 1. The van der Waals surface area contributed by atoms with Gasteiger partial charge in [0.25, 0.3) is 5.91 Å². The van der Waals surface area contributed by atoms with Crippen molar-refractivity contribution in [3.8, 4) is 6.07 Å². The highest BCUT2D eigenvalue weighted by Gasteiger charge is 2.40. The Hall–Kier alpha value is -3.71. The van der Waals surface area contributed by atoms with Crippen LogP contribution < -0.4 is 11.1 Å². The van der Waals surface area contributed by atoms with E-state index in [1.807, 2.05) is 26.8 Å². The highest BCUT2D eigenvalue weighted by atomic mass is 32.2. The molecule has 10 heteroatoms. The Labute approximate surface area is 194 Å². The summed E-state index contributed by atoms with van der Waals surface area (Å²) in [5, 5.41) is 16.0. The number of hydrogen-bond donors (Lipinski definition) is 2. The topological polar surface area (TPSA) is 130 Å². The zero-order valence-electron chi connectivity index (χ0n) is 18.2. The van der Waals surface area contributed by atoms with Crippen LogP contribution in [0.2, 0.25) is 0 Å². The second-order valence-electron chi connectivity index (χ2n) is 7.95. The molecule has 0 bridgehead atoms. The van der Waals surface area contributed by atoms with Crippen molar-refractivity contribution in [1.29, 1.82) is 5.26 Å². The van der Waals surface area contributed by atoms with Crippen molar-refractivity contribution < 1.29 is 13.7 Å². The van der Waals surface area contributed by atoms with Gasteiger partial charge in [-0.25, -0.2) is 9.37 Å². The third-order valence-electron chi connectivity index (χ3n) is 5.54. The Morgan fingerprint density at radius 1 is 1.36 bits per heavy atom. The molecular weight excluding hydrogens is 443 g/mol. The molecule has 1 aromatic carbocycles. The average molecular weight is 465 g/mol. The van der Waals surface area contributed by atoms with Crippen molar-refractivity contribution in [2.45, 2.75) is 38.0 Å². The van der Waals surface area contributed by atoms with Crippen molar-refractivity contribution in [2.24, 2.45) is 10.7 Å². The van der Waals surface area contributed by atoms with E-state index in [1.54, 1.807) is 6.07 Å². The summed E-state index contributed by atoms with van der Waals surface area (Å²) in [6.45, 7) is 5.55. The van der Waals surface area contributed by atoms with Gasteiger partial charge in [-0.3, -0.25) is 9.79 Å². The maximum absolute atomic E-state index is 15.0. The molecular formula is C23H21FN6O2S. The van der Waals surface area contributed by atoms with Gasteiger partial charge in [-0.2, -0.15) is 5.26 Å². The minimum absolute atomic E-state index is 0.146. The van der Waals surface area contributed by atoms with Crippen molar-refractivity contribution in [3.63, 3.8) is 0 Å². The third kappa shape index (κ3) is 4.45. The van der Waals surface area contributed by atoms with Crippen LogP contribution in [-0.2, 0) is 4.75 Å². The van der Waals surface area contributed by atoms with Gasteiger partial charge in [0.15, 0.2) is 5.17 Å². The molecule has 0 radical (unpaired) electrons. The van der Waals surface area contributed by atoms with Crippen molar-refractivity contribution >= 4 is 28.5 Å². The number of halogens is 1. The predicted molar refractivity (Wildman–Crippen MR) is 123 cm³/mol. The Kier molecular flexibility index (Phi) is 5.91. The lowest BCUT2D eigenvalue weighted by molar-refractivity contribution is 0.102. The molecule has 0 spiro atoms. The lowest BCUT2D eigenvalue weighted by Gasteiger charge is -2.36. The molecule has 0 aliphatic carbocycles. The van der Waals surface area contributed by atoms with Crippen molar-refractivity contribution in [1.82, 2.24) is 10.1 Å². The number of hydrogen-bond acceptors (Lipinski definition) is 8. The Morgan fingerprint density at radius 2 is 2.15 bits per heavy atom. The molecule has 1 amide bonds. The Balaban J connectivity index is 1.63. The molecule has 3 heterocycles. The smallest absolute Gasteiger partial charge is 0.274 e. The zero-order valence-corrected chi connectivity index (χ0v) is 19.0. The minimum atomic E-state index is -0.746. The lowest BCUT2D eigenvalue weighted by Crippen LogP contribution is -2.31. The fraction of sp³-hybridized carbons (Fsp3) is 0.261. The molecule has 3 N–H and O–H groups in total. The number of aryl methyl sites for hydroxylation is 2. The third-order valence-corrected chi connectivity index (χ3v) is 6.69. The first-order chi connectivity index (χ1) is 15.7. The van der Waals surface area contributed by atoms with Gasteiger partial charge in [0.2, 0.25) is 0 Å². The number of thioether (sulfide) groups is 1. The van der Waals surface area contributed by atoms with Gasteiger partial charge >= 0.3 is 0 Å². The number of carbonyl (C=O) groups excluding carboxylic acids is 1. The molecule has 1 aliphatic heterocycles. The monoisotopic (exact) mass is 464 g/mol. The number of amidine groups is 1. The van der Waals surface area contributed by atoms with Gasteiger partial charge in [-0.05, 0) is 57.5 Å². The molecule has 0 fully saturated rings. The summed E-state index contributed by atoms with van der Waals surface area (Å²) in [6, 6.07) is 9.00. The Bertz CT molecular complexity index is 1280. The van der Waals surface area contributed by atoms with Gasteiger partial charge in [0.1, 0.15) is 23.3 Å². The van der Waals surface area contributed by atoms with E-state index in [9.17, 15) is 4.79 Å². The van der Waals surface area contributed by atoms with Crippen LogP contribution in [0.5, 0.6) is 0 Å². The molecule has 0 unspecified atom stereocenters. The van der Waals surface area contributed by atoms with E-state index in [-0.39, 0.29) is 11.7 Å². The molecule has 8 nitrogen and oxygen atoms in total. The van der Waals surface area contributed by atoms with E-state index in [2.05, 4.69) is 20.4 Å². The summed E-state index contributed by atoms with van der Waals surface area (Å²) < 4.78 is 19.6. The van der Waals surface area contributed by atoms with Crippen molar-refractivity contribution in [2.75, 3.05) is 5.32 Å². The first-order valence-corrected chi connectivity index (χ1v) is 10.9. The fourth-order valence-corrected chi connectivity index (χ4v) is 5.11. The standard InChI is InChI=1S/C23H21FN6O2S/c1-12-20(13(2)32-30-12)19-9-23(3,33-22(26)29-19)16-8-15(5-6-17(16)24)28-21(31)18-7-4-14(10-25)11-27-18/h4-8,11,19H,9H2,1-3H3,(H2,26,29)(H,28,31)/t19-,23-/m0/s1. The summed E-state index contributed by atoms with van der Waals surface area (Å²) in [5.74, 6) is -0.223. The van der Waals surface area contributed by atoms with E-state index in [4.69, 9.17) is 15.5 Å². The van der Waals surface area contributed by atoms with Gasteiger partial charge in [0.05, 0.1) is 22.0 Å². The van der Waals surface area contributed by atoms with E-state index in [1.165, 1.54) is 42.2 Å². The normalized spacial score (nSPS) is 20.1. The molecule has 3 aromatic rings. The van der Waals surface area contributed by atoms with Crippen LogP contribution in [0.1, 0.15) is 58.0 Å². The van der Waals surface area contributed by atoms with E-state index in [0.717, 1.165) is 11.3 Å². The number of aromatic nitrogens is 2. The molecule has 4 rings (SSSR count). The minimum Gasteiger partial charge on any atom is -0.378 e. The molecule has 1 aliphatic rings. The quantitative estimate of drug-likeness (QED) is 0.587. The average Bonchev–Trinajstić information content (AvgIpc) is 3.12. The van der Waals surface area contributed by atoms with Crippen LogP contribution in [0.3, 0.4) is 0 Å². The number of amides is 1. The molecule has 2 atom stereocenters. The van der Waals surface area contributed by atoms with Gasteiger partial charge in [0, 0.05) is 23.0 Å². The first-order valence-electron chi connectivity index (χ1n) is 10.1. The zero-order chi connectivity index (χ0) is 23.8. The molecule has 168 valence electrons. The van der Waals surface area contributed by atoms with Crippen LogP contribution in [0.25, 0.3) is 0 Å². The van der Waals surface area contributed by atoms with E-state index in [0.29, 0.717) is 34.2 Å². The van der Waals surface area contributed by atoms with Crippen LogP contribution in [-0.4, -0.2) is 21.2 Å². The highest BCUT2D eigenvalue weighted by Crippen LogP contribution is 2.50. The van der Waals surface area contributed by atoms with Crippen LogP contribution in [0.4, 0.5) is 10.1 Å². The first kappa shape index (κ1) is 22.5. The number of benzene rings is 1. The number of nitrogens with zero attached hydrogens (tertiary/aromatic N) is 4. The van der Waals surface area contributed by atoms with E-state index < -0.39 is 16.5 Å². The lowest BCUT2D eigenvalue weighted by atomic mass is 9.88. The van der Waals surface area contributed by atoms with Gasteiger partial charge < -0.3 is 15.6 Å². The van der Waals surface area contributed by atoms with E-state index >= 15 is 4.39 Å². The highest BCUT2D eigenvalue weighted by molar-refractivity contribution is 8.14. The molecule has 33 heavy (non-hydrogen) atoms.